The summed E-state index contributed by atoms with van der Waals surface area (Å²) in [6, 6.07) is 15.5. The largest absolute Gasteiger partial charge is 0.464 e. The van der Waals surface area contributed by atoms with Gasteiger partial charge in [0.05, 0.1) is 17.2 Å². The van der Waals surface area contributed by atoms with E-state index in [9.17, 15) is 0 Å². The third-order valence-electron chi connectivity index (χ3n) is 4.16. The zero-order valence-corrected chi connectivity index (χ0v) is 16.3. The van der Waals surface area contributed by atoms with Crippen LogP contribution < -0.4 is 4.74 Å². The molecule has 0 radical (unpaired) electrons. The molecule has 0 bridgehead atoms. The van der Waals surface area contributed by atoms with Crippen molar-refractivity contribution in [1.29, 1.82) is 0 Å². The van der Waals surface area contributed by atoms with Crippen molar-refractivity contribution in [2.75, 3.05) is 6.61 Å². The highest BCUT2D eigenvalue weighted by molar-refractivity contribution is 6.33. The van der Waals surface area contributed by atoms with Crippen molar-refractivity contribution >= 4 is 28.8 Å². The maximum absolute atomic E-state index is 6.46. The normalized spacial score (nSPS) is 11.1. The average molecular weight is 399 g/mol. The van der Waals surface area contributed by atoms with E-state index in [1.54, 1.807) is 4.52 Å². The fourth-order valence-electron chi connectivity index (χ4n) is 2.96. The molecule has 0 aliphatic heterocycles. The first-order chi connectivity index (χ1) is 13.1. The lowest BCUT2D eigenvalue weighted by Crippen LogP contribution is -2.04. The molecule has 0 N–H and O–H groups in total. The van der Waals surface area contributed by atoms with Gasteiger partial charge in [0.1, 0.15) is 11.5 Å². The Bertz CT molecular complexity index is 1120. The maximum atomic E-state index is 6.46. The first kappa shape index (κ1) is 17.8. The van der Waals surface area contributed by atoms with Crippen LogP contribution in [-0.2, 0) is 0 Å². The van der Waals surface area contributed by atoms with Gasteiger partial charge in [0.2, 0.25) is 0 Å². The van der Waals surface area contributed by atoms with Gasteiger partial charge in [-0.25, -0.2) is 0 Å². The van der Waals surface area contributed by atoms with Gasteiger partial charge in [0.15, 0.2) is 5.65 Å². The van der Waals surface area contributed by atoms with Gasteiger partial charge in [-0.3, -0.25) is 0 Å². The lowest BCUT2D eigenvalue weighted by atomic mass is 10.0. The van der Waals surface area contributed by atoms with Crippen LogP contribution >= 0.6 is 23.2 Å². The van der Waals surface area contributed by atoms with Crippen LogP contribution in [0.3, 0.4) is 0 Å². The highest BCUT2D eigenvalue weighted by Crippen LogP contribution is 2.38. The quantitative estimate of drug-likeness (QED) is 0.457. The minimum absolute atomic E-state index is 0.323. The molecule has 0 fully saturated rings. The summed E-state index contributed by atoms with van der Waals surface area (Å²) < 4.78 is 7.25. The standard InChI is InChI=1S/C20H16Cl2N4O/c1-3-27-20-23-12(2)26-19(24-20)17(13-8-10-14(21)11-9-13)18(25-26)15-6-4-5-7-16(15)22/h4-11H,3H2,1-2H3. The number of aryl methyl sites for hydroxylation is 1. The van der Waals surface area contributed by atoms with E-state index < -0.39 is 0 Å². The summed E-state index contributed by atoms with van der Waals surface area (Å²) in [6.07, 6.45) is 0. The van der Waals surface area contributed by atoms with E-state index in [1.807, 2.05) is 62.4 Å². The van der Waals surface area contributed by atoms with Crippen LogP contribution in [0.5, 0.6) is 6.01 Å². The average Bonchev–Trinajstić information content (AvgIpc) is 3.03. The van der Waals surface area contributed by atoms with Gasteiger partial charge in [-0.15, -0.1) is 0 Å². The molecule has 5 nitrogen and oxygen atoms in total. The summed E-state index contributed by atoms with van der Waals surface area (Å²) >= 11 is 12.5. The number of hydrogen-bond donors (Lipinski definition) is 0. The lowest BCUT2D eigenvalue weighted by Gasteiger charge is -2.06. The number of fused-ring (bicyclic) bond motifs is 1. The van der Waals surface area contributed by atoms with Gasteiger partial charge in [0, 0.05) is 10.6 Å². The number of aromatic nitrogens is 4. The molecule has 7 heteroatoms. The molecule has 0 spiro atoms. The molecule has 0 aliphatic carbocycles. The molecule has 0 unspecified atom stereocenters. The van der Waals surface area contributed by atoms with E-state index in [1.165, 1.54) is 0 Å². The molecule has 2 aromatic heterocycles. The minimum atomic E-state index is 0.323. The molecule has 0 aliphatic rings. The molecule has 27 heavy (non-hydrogen) atoms. The SMILES string of the molecule is CCOc1nc(C)n2nc(-c3ccccc3Cl)c(-c3ccc(Cl)cc3)c2n1. The van der Waals surface area contributed by atoms with Gasteiger partial charge in [-0.05, 0) is 37.6 Å². The van der Waals surface area contributed by atoms with Crippen LogP contribution in [0.4, 0.5) is 0 Å². The van der Waals surface area contributed by atoms with Crippen molar-refractivity contribution in [3.05, 3.63) is 64.4 Å². The molecule has 4 aromatic rings. The first-order valence-corrected chi connectivity index (χ1v) is 9.25. The van der Waals surface area contributed by atoms with E-state index in [0.29, 0.717) is 34.1 Å². The maximum Gasteiger partial charge on any atom is 0.320 e. The third kappa shape index (κ3) is 3.24. The monoisotopic (exact) mass is 398 g/mol. The second-order valence-electron chi connectivity index (χ2n) is 5.93. The number of halogens is 2. The molecule has 136 valence electrons. The molecule has 2 heterocycles. The number of benzene rings is 2. The van der Waals surface area contributed by atoms with Crippen LogP contribution in [-0.4, -0.2) is 26.2 Å². The summed E-state index contributed by atoms with van der Waals surface area (Å²) in [5.74, 6) is 0.678. The van der Waals surface area contributed by atoms with E-state index >= 15 is 0 Å². The van der Waals surface area contributed by atoms with E-state index in [0.717, 1.165) is 22.4 Å². The van der Waals surface area contributed by atoms with Crippen molar-refractivity contribution < 1.29 is 4.74 Å². The Morgan fingerprint density at radius 3 is 2.44 bits per heavy atom. The van der Waals surface area contributed by atoms with Gasteiger partial charge in [-0.1, -0.05) is 53.5 Å². The Balaban J connectivity index is 2.07. The van der Waals surface area contributed by atoms with E-state index in [2.05, 4.69) is 9.97 Å². The Morgan fingerprint density at radius 2 is 1.74 bits per heavy atom. The fourth-order valence-corrected chi connectivity index (χ4v) is 3.31. The topological polar surface area (TPSA) is 52.3 Å². The van der Waals surface area contributed by atoms with Gasteiger partial charge < -0.3 is 4.74 Å². The second kappa shape index (κ2) is 7.18. The van der Waals surface area contributed by atoms with Crippen LogP contribution in [0.2, 0.25) is 10.0 Å². The highest BCUT2D eigenvalue weighted by atomic mass is 35.5. The Kier molecular flexibility index (Phi) is 4.72. The lowest BCUT2D eigenvalue weighted by molar-refractivity contribution is 0.311. The molecular weight excluding hydrogens is 383 g/mol. The Hall–Kier alpha value is -2.63. The van der Waals surface area contributed by atoms with Gasteiger partial charge in [-0.2, -0.15) is 19.6 Å². The summed E-state index contributed by atoms with van der Waals surface area (Å²) in [7, 11) is 0. The molecule has 0 amide bonds. The summed E-state index contributed by atoms with van der Waals surface area (Å²) in [6.45, 7) is 4.25. The van der Waals surface area contributed by atoms with Gasteiger partial charge in [0.25, 0.3) is 0 Å². The molecule has 4 rings (SSSR count). The van der Waals surface area contributed by atoms with Crippen LogP contribution in [0.1, 0.15) is 12.7 Å². The predicted molar refractivity (Wildman–Crippen MR) is 108 cm³/mol. The second-order valence-corrected chi connectivity index (χ2v) is 6.78. The van der Waals surface area contributed by atoms with Crippen LogP contribution in [0.15, 0.2) is 48.5 Å². The molecule has 0 saturated carbocycles. The number of rotatable bonds is 4. The van der Waals surface area contributed by atoms with Crippen LogP contribution in [0.25, 0.3) is 28.0 Å². The number of ether oxygens (including phenoxy) is 1. The predicted octanol–water partition coefficient (Wildman–Crippen LogP) is 5.47. The van der Waals surface area contributed by atoms with Crippen molar-refractivity contribution in [3.63, 3.8) is 0 Å². The number of hydrogen-bond acceptors (Lipinski definition) is 4. The minimum Gasteiger partial charge on any atom is -0.464 e. The zero-order valence-electron chi connectivity index (χ0n) is 14.8. The summed E-state index contributed by atoms with van der Waals surface area (Å²) in [5, 5.41) is 6.04. The van der Waals surface area contributed by atoms with Crippen molar-refractivity contribution in [2.24, 2.45) is 0 Å². The van der Waals surface area contributed by atoms with Crippen molar-refractivity contribution in [1.82, 2.24) is 19.6 Å². The van der Waals surface area contributed by atoms with Gasteiger partial charge >= 0.3 is 6.01 Å². The molecular formula is C20H16Cl2N4O. The Labute approximate surface area is 166 Å². The third-order valence-corrected chi connectivity index (χ3v) is 4.74. The highest BCUT2D eigenvalue weighted by Gasteiger charge is 2.21. The van der Waals surface area contributed by atoms with Crippen LogP contribution in [0, 0.1) is 6.92 Å². The molecule has 0 saturated heterocycles. The molecule has 2 aromatic carbocycles. The zero-order chi connectivity index (χ0) is 19.0. The Morgan fingerprint density at radius 1 is 1.00 bits per heavy atom. The first-order valence-electron chi connectivity index (χ1n) is 8.49. The molecule has 0 atom stereocenters. The van der Waals surface area contributed by atoms with E-state index in [-0.39, 0.29) is 0 Å². The van der Waals surface area contributed by atoms with E-state index in [4.69, 9.17) is 33.0 Å². The van der Waals surface area contributed by atoms with Crippen molar-refractivity contribution in [3.8, 4) is 28.4 Å². The smallest absolute Gasteiger partial charge is 0.320 e. The summed E-state index contributed by atoms with van der Waals surface area (Å²) in [5.41, 5.74) is 4.00. The number of nitrogens with zero attached hydrogens (tertiary/aromatic N) is 4. The van der Waals surface area contributed by atoms with Crippen molar-refractivity contribution in [2.45, 2.75) is 13.8 Å². The fraction of sp³-hybridized carbons (Fsp3) is 0.150. The summed E-state index contributed by atoms with van der Waals surface area (Å²) in [4.78, 5) is 8.97.